The van der Waals surface area contributed by atoms with Crippen LogP contribution in [0, 0.1) is 5.82 Å². The highest BCUT2D eigenvalue weighted by atomic mass is 35.5. The predicted octanol–water partition coefficient (Wildman–Crippen LogP) is 4.23. The van der Waals surface area contributed by atoms with E-state index in [2.05, 4.69) is 4.90 Å². The van der Waals surface area contributed by atoms with Gasteiger partial charge in [-0.3, -0.25) is 4.90 Å². The minimum atomic E-state index is -0.231. The zero-order valence-corrected chi connectivity index (χ0v) is 12.5. The van der Waals surface area contributed by atoms with Crippen LogP contribution in [0.5, 0.6) is 0 Å². The number of halogens is 2. The molecule has 110 valence electrons. The summed E-state index contributed by atoms with van der Waals surface area (Å²) in [5, 5.41) is 0.498. The number of anilines is 1. The van der Waals surface area contributed by atoms with E-state index in [0.29, 0.717) is 23.2 Å². The van der Waals surface area contributed by atoms with Crippen molar-refractivity contribution in [2.45, 2.75) is 32.0 Å². The molecule has 0 saturated heterocycles. The molecule has 1 aliphatic carbocycles. The SMILES string of the molecule is Nc1ccc(CN(Cc2c(F)cccc2Cl)C2CC2)cc1. The van der Waals surface area contributed by atoms with Gasteiger partial charge in [0.15, 0.2) is 0 Å². The molecule has 1 fully saturated rings. The molecule has 0 aliphatic heterocycles. The van der Waals surface area contributed by atoms with Gasteiger partial charge < -0.3 is 5.73 Å². The van der Waals surface area contributed by atoms with Crippen LogP contribution >= 0.6 is 11.6 Å². The van der Waals surface area contributed by atoms with Gasteiger partial charge in [0.25, 0.3) is 0 Å². The fraction of sp³-hybridized carbons (Fsp3) is 0.294. The van der Waals surface area contributed by atoms with Crippen molar-refractivity contribution in [1.82, 2.24) is 4.90 Å². The Kier molecular flexibility index (Phi) is 4.13. The van der Waals surface area contributed by atoms with Crippen molar-refractivity contribution in [3.63, 3.8) is 0 Å². The number of hydrogen-bond donors (Lipinski definition) is 1. The average Bonchev–Trinajstić information content (AvgIpc) is 3.28. The second-order valence-electron chi connectivity index (χ2n) is 5.58. The molecule has 1 aliphatic rings. The first kappa shape index (κ1) is 14.4. The number of rotatable bonds is 5. The summed E-state index contributed by atoms with van der Waals surface area (Å²) in [6.07, 6.45) is 2.34. The Hall–Kier alpha value is -1.58. The van der Waals surface area contributed by atoms with Gasteiger partial charge in [-0.25, -0.2) is 4.39 Å². The molecule has 0 radical (unpaired) electrons. The van der Waals surface area contributed by atoms with Crippen molar-refractivity contribution < 1.29 is 4.39 Å². The Morgan fingerprint density at radius 2 is 1.81 bits per heavy atom. The van der Waals surface area contributed by atoms with Crippen molar-refractivity contribution in [2.75, 3.05) is 5.73 Å². The van der Waals surface area contributed by atoms with Crippen LogP contribution in [0.15, 0.2) is 42.5 Å². The van der Waals surface area contributed by atoms with Crippen LogP contribution in [0.1, 0.15) is 24.0 Å². The third-order valence-corrected chi connectivity index (χ3v) is 4.21. The molecule has 1 saturated carbocycles. The maximum absolute atomic E-state index is 14.0. The quantitative estimate of drug-likeness (QED) is 0.838. The molecule has 0 heterocycles. The molecule has 21 heavy (non-hydrogen) atoms. The molecule has 0 aromatic heterocycles. The summed E-state index contributed by atoms with van der Waals surface area (Å²) in [5.74, 6) is -0.231. The van der Waals surface area contributed by atoms with Gasteiger partial charge in [-0.1, -0.05) is 29.8 Å². The van der Waals surface area contributed by atoms with E-state index in [1.807, 2.05) is 24.3 Å². The first-order chi connectivity index (χ1) is 10.1. The second kappa shape index (κ2) is 6.04. The smallest absolute Gasteiger partial charge is 0.129 e. The van der Waals surface area contributed by atoms with Crippen molar-refractivity contribution in [1.29, 1.82) is 0 Å². The molecule has 3 rings (SSSR count). The van der Waals surface area contributed by atoms with Crippen LogP contribution in [-0.2, 0) is 13.1 Å². The highest BCUT2D eigenvalue weighted by Crippen LogP contribution is 2.32. The monoisotopic (exact) mass is 304 g/mol. The van der Waals surface area contributed by atoms with Crippen LogP contribution < -0.4 is 5.73 Å². The van der Waals surface area contributed by atoms with Crippen molar-refractivity contribution >= 4 is 17.3 Å². The van der Waals surface area contributed by atoms with E-state index in [9.17, 15) is 4.39 Å². The normalized spacial score (nSPS) is 14.6. The Morgan fingerprint density at radius 1 is 1.10 bits per heavy atom. The third-order valence-electron chi connectivity index (χ3n) is 3.85. The van der Waals surface area contributed by atoms with Crippen molar-refractivity contribution in [3.05, 3.63) is 64.4 Å². The lowest BCUT2D eigenvalue weighted by Crippen LogP contribution is -2.25. The summed E-state index contributed by atoms with van der Waals surface area (Å²) in [7, 11) is 0. The van der Waals surface area contributed by atoms with E-state index in [1.54, 1.807) is 12.1 Å². The lowest BCUT2D eigenvalue weighted by molar-refractivity contribution is 0.242. The summed E-state index contributed by atoms with van der Waals surface area (Å²) >= 11 is 6.14. The van der Waals surface area contributed by atoms with Crippen molar-refractivity contribution in [3.8, 4) is 0 Å². The van der Waals surface area contributed by atoms with Crippen LogP contribution in [0.4, 0.5) is 10.1 Å². The topological polar surface area (TPSA) is 29.3 Å². The van der Waals surface area contributed by atoms with Crippen LogP contribution in [0.25, 0.3) is 0 Å². The molecule has 2 N–H and O–H groups in total. The lowest BCUT2D eigenvalue weighted by atomic mass is 10.1. The lowest BCUT2D eigenvalue weighted by Gasteiger charge is -2.23. The molecule has 2 aromatic rings. The van der Waals surface area contributed by atoms with Gasteiger partial charge in [-0.2, -0.15) is 0 Å². The Balaban J connectivity index is 1.77. The maximum Gasteiger partial charge on any atom is 0.129 e. The molecule has 0 spiro atoms. The number of hydrogen-bond acceptors (Lipinski definition) is 2. The molecular weight excluding hydrogens is 287 g/mol. The van der Waals surface area contributed by atoms with Crippen LogP contribution in [-0.4, -0.2) is 10.9 Å². The van der Waals surface area contributed by atoms with Gasteiger partial charge in [0.1, 0.15) is 5.82 Å². The van der Waals surface area contributed by atoms with Crippen LogP contribution in [0.3, 0.4) is 0 Å². The Labute approximate surface area is 129 Å². The van der Waals surface area contributed by atoms with Gasteiger partial charge in [-0.15, -0.1) is 0 Å². The van der Waals surface area contributed by atoms with E-state index in [0.717, 1.165) is 12.2 Å². The molecule has 0 unspecified atom stereocenters. The Bertz CT molecular complexity index is 603. The number of benzene rings is 2. The summed E-state index contributed by atoms with van der Waals surface area (Å²) in [4.78, 5) is 2.29. The minimum Gasteiger partial charge on any atom is -0.399 e. The van der Waals surface area contributed by atoms with E-state index < -0.39 is 0 Å². The molecular formula is C17H18ClFN2. The number of nitrogen functional groups attached to an aromatic ring is 1. The van der Waals surface area contributed by atoms with Crippen LogP contribution in [0.2, 0.25) is 5.02 Å². The Morgan fingerprint density at radius 3 is 2.43 bits per heavy atom. The molecule has 0 atom stereocenters. The fourth-order valence-corrected chi connectivity index (χ4v) is 2.72. The molecule has 2 aromatic carbocycles. The largest absolute Gasteiger partial charge is 0.399 e. The van der Waals surface area contributed by atoms with Gasteiger partial charge in [0.2, 0.25) is 0 Å². The average molecular weight is 305 g/mol. The summed E-state index contributed by atoms with van der Waals surface area (Å²) in [6.45, 7) is 1.33. The third kappa shape index (κ3) is 3.55. The van der Waals surface area contributed by atoms with Gasteiger partial charge in [0.05, 0.1) is 0 Å². The molecule has 2 nitrogen and oxygen atoms in total. The van der Waals surface area contributed by atoms with E-state index in [1.165, 1.54) is 24.5 Å². The van der Waals surface area contributed by atoms with E-state index >= 15 is 0 Å². The maximum atomic E-state index is 14.0. The number of nitrogens with zero attached hydrogens (tertiary/aromatic N) is 1. The zero-order valence-electron chi connectivity index (χ0n) is 11.7. The highest BCUT2D eigenvalue weighted by Gasteiger charge is 2.29. The van der Waals surface area contributed by atoms with Crippen molar-refractivity contribution in [2.24, 2.45) is 0 Å². The first-order valence-electron chi connectivity index (χ1n) is 7.15. The van der Waals surface area contributed by atoms with E-state index in [4.69, 9.17) is 17.3 Å². The molecule has 4 heteroatoms. The summed E-state index contributed by atoms with van der Waals surface area (Å²) in [5.41, 5.74) is 8.24. The standard InChI is InChI=1S/C17H18ClFN2/c18-16-2-1-3-17(19)15(16)11-21(14-8-9-14)10-12-4-6-13(20)7-5-12/h1-7,14H,8-11,20H2. The second-order valence-corrected chi connectivity index (χ2v) is 5.99. The van der Waals surface area contributed by atoms with Gasteiger partial charge in [0, 0.05) is 35.4 Å². The highest BCUT2D eigenvalue weighted by molar-refractivity contribution is 6.31. The minimum absolute atomic E-state index is 0.231. The first-order valence-corrected chi connectivity index (χ1v) is 7.52. The fourth-order valence-electron chi connectivity index (χ4n) is 2.50. The van der Waals surface area contributed by atoms with Gasteiger partial charge >= 0.3 is 0 Å². The van der Waals surface area contributed by atoms with E-state index in [-0.39, 0.29) is 5.82 Å². The zero-order chi connectivity index (χ0) is 14.8. The predicted molar refractivity (Wildman–Crippen MR) is 84.5 cm³/mol. The number of nitrogens with two attached hydrogens (primary N) is 1. The van der Waals surface area contributed by atoms with Gasteiger partial charge in [-0.05, 0) is 42.7 Å². The molecule has 0 bridgehead atoms. The summed E-state index contributed by atoms with van der Waals surface area (Å²) in [6, 6.07) is 13.2. The summed E-state index contributed by atoms with van der Waals surface area (Å²) < 4.78 is 14.0. The molecule has 0 amide bonds.